The molecule has 0 aliphatic carbocycles. The van der Waals surface area contributed by atoms with Crippen LogP contribution >= 0.6 is 0 Å². The van der Waals surface area contributed by atoms with Crippen LogP contribution < -0.4 is 16.0 Å². The van der Waals surface area contributed by atoms with Crippen LogP contribution in [0.1, 0.15) is 25.3 Å². The Bertz CT molecular complexity index is 439. The minimum absolute atomic E-state index is 0.0430. The fourth-order valence-corrected chi connectivity index (χ4v) is 2.37. The van der Waals surface area contributed by atoms with Gasteiger partial charge in [0.1, 0.15) is 0 Å². The molecule has 0 atom stereocenters. The predicted octanol–water partition coefficient (Wildman–Crippen LogP) is 1.08. The summed E-state index contributed by atoms with van der Waals surface area (Å²) in [6.45, 7) is 5.30. The topological polar surface area (TPSA) is 71.2 Å². The second-order valence-electron chi connectivity index (χ2n) is 4.89. The highest BCUT2D eigenvalue weighted by Gasteiger charge is 2.21. The zero-order valence-electron chi connectivity index (χ0n) is 10.9. The van der Waals surface area contributed by atoms with Crippen LogP contribution in [0, 0.1) is 6.92 Å². The number of rotatable bonds is 2. The maximum atomic E-state index is 11.0. The lowest BCUT2D eigenvalue weighted by Gasteiger charge is -2.33. The largest absolute Gasteiger partial charge is 0.396 e. The highest BCUT2D eigenvalue weighted by Crippen LogP contribution is 2.24. The number of nitrogens with two attached hydrogens (primary N) is 1. The average Bonchev–Trinajstić information content (AvgIpc) is 2.30. The van der Waals surface area contributed by atoms with Gasteiger partial charge < -0.3 is 16.0 Å². The van der Waals surface area contributed by atoms with Crippen LogP contribution in [0.3, 0.4) is 0 Å². The van der Waals surface area contributed by atoms with Crippen molar-refractivity contribution in [3.8, 4) is 0 Å². The highest BCUT2D eigenvalue weighted by atomic mass is 16.1. The molecule has 1 aliphatic heterocycles. The number of hydrogen-bond donors (Lipinski definition) is 2. The van der Waals surface area contributed by atoms with E-state index in [4.69, 9.17) is 5.73 Å². The number of aromatic nitrogens is 1. The van der Waals surface area contributed by atoms with Gasteiger partial charge >= 0.3 is 0 Å². The first-order chi connectivity index (χ1) is 8.56. The minimum atomic E-state index is 0.0430. The highest BCUT2D eigenvalue weighted by molar-refractivity contribution is 5.73. The van der Waals surface area contributed by atoms with Crippen LogP contribution in [-0.2, 0) is 4.79 Å². The van der Waals surface area contributed by atoms with Crippen LogP contribution in [0.4, 0.5) is 11.5 Å². The molecule has 0 unspecified atom stereocenters. The molecule has 18 heavy (non-hydrogen) atoms. The van der Waals surface area contributed by atoms with E-state index in [0.29, 0.717) is 0 Å². The second-order valence-corrected chi connectivity index (χ2v) is 4.89. The predicted molar refractivity (Wildman–Crippen MR) is 72.4 cm³/mol. The molecule has 0 aromatic carbocycles. The number of anilines is 2. The van der Waals surface area contributed by atoms with Gasteiger partial charge in [0.25, 0.3) is 0 Å². The molecule has 1 saturated heterocycles. The molecule has 1 amide bonds. The molecule has 0 saturated carbocycles. The number of hydrogen-bond acceptors (Lipinski definition) is 4. The molecule has 98 valence electrons. The Hall–Kier alpha value is -1.78. The number of nitrogens with zero attached hydrogens (tertiary/aromatic N) is 2. The Morgan fingerprint density at radius 3 is 2.72 bits per heavy atom. The third-order valence-electron chi connectivity index (χ3n) is 3.23. The van der Waals surface area contributed by atoms with Gasteiger partial charge in [0.05, 0.1) is 5.69 Å². The number of carbonyl (C=O) groups is 1. The van der Waals surface area contributed by atoms with Crippen molar-refractivity contribution in [2.75, 3.05) is 23.7 Å². The van der Waals surface area contributed by atoms with Crippen LogP contribution in [-0.4, -0.2) is 30.0 Å². The first-order valence-electron chi connectivity index (χ1n) is 6.30. The quantitative estimate of drug-likeness (QED) is 0.821. The summed E-state index contributed by atoms with van der Waals surface area (Å²) in [5, 5.41) is 2.96. The second kappa shape index (κ2) is 5.25. The monoisotopic (exact) mass is 248 g/mol. The summed E-state index contributed by atoms with van der Waals surface area (Å²) < 4.78 is 0. The molecule has 2 rings (SSSR count). The summed E-state index contributed by atoms with van der Waals surface area (Å²) >= 11 is 0. The molecule has 1 fully saturated rings. The fraction of sp³-hybridized carbons (Fsp3) is 0.538. The molecule has 5 heteroatoms. The van der Waals surface area contributed by atoms with Crippen molar-refractivity contribution in [2.24, 2.45) is 0 Å². The lowest BCUT2D eigenvalue weighted by atomic mass is 10.0. The summed E-state index contributed by atoms with van der Waals surface area (Å²) in [4.78, 5) is 17.6. The van der Waals surface area contributed by atoms with E-state index in [-0.39, 0.29) is 11.9 Å². The number of amides is 1. The summed E-state index contributed by atoms with van der Waals surface area (Å²) in [6, 6.07) is 2.23. The maximum absolute atomic E-state index is 11.0. The molecule has 0 bridgehead atoms. The van der Waals surface area contributed by atoms with E-state index >= 15 is 0 Å². The lowest BCUT2D eigenvalue weighted by molar-refractivity contribution is -0.119. The smallest absolute Gasteiger partial charge is 0.217 e. The first kappa shape index (κ1) is 12.7. The van der Waals surface area contributed by atoms with Gasteiger partial charge in [-0.2, -0.15) is 0 Å². The van der Waals surface area contributed by atoms with Crippen molar-refractivity contribution >= 4 is 17.4 Å². The maximum Gasteiger partial charge on any atom is 0.217 e. The molecule has 0 spiro atoms. The summed E-state index contributed by atoms with van der Waals surface area (Å²) in [6.07, 6.45) is 3.72. The number of piperidine rings is 1. The van der Waals surface area contributed by atoms with Gasteiger partial charge in [-0.25, -0.2) is 4.98 Å². The van der Waals surface area contributed by atoms with E-state index in [2.05, 4.69) is 15.2 Å². The molecule has 3 N–H and O–H groups in total. The Morgan fingerprint density at radius 1 is 1.50 bits per heavy atom. The number of carbonyl (C=O) groups excluding carboxylic acids is 1. The van der Waals surface area contributed by atoms with Crippen LogP contribution in [0.2, 0.25) is 0 Å². The van der Waals surface area contributed by atoms with E-state index < -0.39 is 0 Å². The van der Waals surface area contributed by atoms with E-state index in [1.165, 1.54) is 0 Å². The number of pyridine rings is 1. The summed E-state index contributed by atoms with van der Waals surface area (Å²) in [5.41, 5.74) is 7.80. The van der Waals surface area contributed by atoms with Crippen molar-refractivity contribution in [3.63, 3.8) is 0 Å². The van der Waals surface area contributed by atoms with Gasteiger partial charge in [-0.3, -0.25) is 4.79 Å². The molecule has 1 aromatic rings. The third-order valence-corrected chi connectivity index (χ3v) is 3.23. The zero-order valence-corrected chi connectivity index (χ0v) is 10.9. The van der Waals surface area contributed by atoms with Crippen molar-refractivity contribution < 1.29 is 4.79 Å². The van der Waals surface area contributed by atoms with E-state index in [1.807, 2.05) is 19.2 Å². The average molecular weight is 248 g/mol. The van der Waals surface area contributed by atoms with Crippen LogP contribution in [0.15, 0.2) is 12.3 Å². The SMILES string of the molecule is CC(=O)NC1CCN(c2ncc(C)cc2N)CC1. The normalized spacial score (nSPS) is 16.7. The lowest BCUT2D eigenvalue weighted by Crippen LogP contribution is -2.44. The minimum Gasteiger partial charge on any atom is -0.396 e. The third kappa shape index (κ3) is 2.91. The van der Waals surface area contributed by atoms with Crippen LogP contribution in [0.5, 0.6) is 0 Å². The molecule has 1 aliphatic rings. The van der Waals surface area contributed by atoms with Gasteiger partial charge in [-0.05, 0) is 31.4 Å². The van der Waals surface area contributed by atoms with Gasteiger partial charge in [0.2, 0.25) is 5.91 Å². The standard InChI is InChI=1S/C13H20N4O/c1-9-7-12(14)13(15-8-9)17-5-3-11(4-6-17)16-10(2)18/h7-8,11H,3-6,14H2,1-2H3,(H,16,18). The Morgan fingerprint density at radius 2 is 2.17 bits per heavy atom. The van der Waals surface area contributed by atoms with E-state index in [1.54, 1.807) is 6.92 Å². The molecular formula is C13H20N4O. The fourth-order valence-electron chi connectivity index (χ4n) is 2.37. The number of nitrogens with one attached hydrogen (secondary N) is 1. The van der Waals surface area contributed by atoms with Crippen molar-refractivity contribution in [1.29, 1.82) is 0 Å². The van der Waals surface area contributed by atoms with Crippen molar-refractivity contribution in [3.05, 3.63) is 17.8 Å². The molecule has 2 heterocycles. The van der Waals surface area contributed by atoms with Crippen molar-refractivity contribution in [1.82, 2.24) is 10.3 Å². The summed E-state index contributed by atoms with van der Waals surface area (Å²) in [5.74, 6) is 0.906. The molecule has 1 aromatic heterocycles. The number of nitrogen functional groups attached to an aromatic ring is 1. The Kier molecular flexibility index (Phi) is 3.69. The molecule has 5 nitrogen and oxygen atoms in total. The van der Waals surface area contributed by atoms with E-state index in [9.17, 15) is 4.79 Å². The van der Waals surface area contributed by atoms with Gasteiger partial charge in [-0.1, -0.05) is 0 Å². The Labute approximate surface area is 107 Å². The van der Waals surface area contributed by atoms with Gasteiger partial charge in [0.15, 0.2) is 5.82 Å². The van der Waals surface area contributed by atoms with Crippen LogP contribution in [0.25, 0.3) is 0 Å². The van der Waals surface area contributed by atoms with Gasteiger partial charge in [0, 0.05) is 32.3 Å². The Balaban J connectivity index is 1.99. The first-order valence-corrected chi connectivity index (χ1v) is 6.30. The summed E-state index contributed by atoms with van der Waals surface area (Å²) in [7, 11) is 0. The zero-order chi connectivity index (χ0) is 13.1. The van der Waals surface area contributed by atoms with E-state index in [0.717, 1.165) is 43.0 Å². The van der Waals surface area contributed by atoms with Crippen molar-refractivity contribution in [2.45, 2.75) is 32.7 Å². The molecule has 0 radical (unpaired) electrons. The van der Waals surface area contributed by atoms with Gasteiger partial charge in [-0.15, -0.1) is 0 Å². The number of aryl methyl sites for hydroxylation is 1. The molecular weight excluding hydrogens is 228 g/mol.